The van der Waals surface area contributed by atoms with Crippen LogP contribution in [0.3, 0.4) is 0 Å². The molecule has 0 fully saturated rings. The van der Waals surface area contributed by atoms with Crippen molar-refractivity contribution in [3.63, 3.8) is 0 Å². The summed E-state index contributed by atoms with van der Waals surface area (Å²) in [6.07, 6.45) is -0.628. The topological polar surface area (TPSA) is 63.7 Å². The van der Waals surface area contributed by atoms with Crippen molar-refractivity contribution in [3.8, 4) is 0 Å². The summed E-state index contributed by atoms with van der Waals surface area (Å²) in [5.41, 5.74) is 2.40. The number of carbonyl (C=O) groups excluding carboxylic acids is 3. The number of fused-ring (bicyclic) bond motifs is 1. The Morgan fingerprint density at radius 3 is 1.71 bits per heavy atom. The highest BCUT2D eigenvalue weighted by Crippen LogP contribution is 2.34. The molecule has 1 aliphatic rings. The van der Waals surface area contributed by atoms with E-state index in [1.807, 2.05) is 60.7 Å². The fourth-order valence-corrected chi connectivity index (χ4v) is 4.33. The third kappa shape index (κ3) is 4.32. The number of hydrogen-bond acceptors (Lipinski definition) is 4. The van der Waals surface area contributed by atoms with Gasteiger partial charge in [-0.2, -0.15) is 0 Å². The van der Waals surface area contributed by atoms with Crippen molar-refractivity contribution in [3.05, 3.63) is 135 Å². The van der Waals surface area contributed by atoms with Crippen molar-refractivity contribution in [1.82, 2.24) is 0 Å². The molecule has 0 aliphatic carbocycles. The summed E-state index contributed by atoms with van der Waals surface area (Å²) in [5, 5.41) is 0.359. The molecular weight excluding hydrogens is 485 g/mol. The Bertz CT molecular complexity index is 1370. The molecule has 5 nitrogen and oxygen atoms in total. The van der Waals surface area contributed by atoms with Crippen LogP contribution in [0, 0.1) is 0 Å². The first-order chi connectivity index (χ1) is 16.9. The lowest BCUT2D eigenvalue weighted by molar-refractivity contribution is 0.0377. The van der Waals surface area contributed by atoms with Crippen molar-refractivity contribution in [2.24, 2.45) is 0 Å². The van der Waals surface area contributed by atoms with Gasteiger partial charge in [0.2, 0.25) is 0 Å². The quantitative estimate of drug-likeness (QED) is 0.224. The molecule has 1 heterocycles. The molecule has 0 saturated carbocycles. The van der Waals surface area contributed by atoms with Gasteiger partial charge in [0.1, 0.15) is 0 Å². The minimum absolute atomic E-state index is 0.158. The highest BCUT2D eigenvalue weighted by molar-refractivity contribution is 6.44. The molecule has 4 aromatic carbocycles. The second kappa shape index (κ2) is 9.37. The second-order valence-corrected chi connectivity index (χ2v) is 8.73. The number of anilines is 1. The highest BCUT2D eigenvalue weighted by atomic mass is 35.5. The van der Waals surface area contributed by atoms with Crippen LogP contribution < -0.4 is 4.90 Å². The molecule has 0 bridgehead atoms. The monoisotopic (exact) mass is 501 g/mol. The number of halogens is 2. The zero-order valence-corrected chi connectivity index (χ0v) is 19.7. The van der Waals surface area contributed by atoms with Crippen LogP contribution >= 0.6 is 23.2 Å². The maximum absolute atomic E-state index is 13.2. The summed E-state index contributed by atoms with van der Waals surface area (Å²) in [5.74, 6) is -1.67. The highest BCUT2D eigenvalue weighted by Gasteiger charge is 2.37. The van der Waals surface area contributed by atoms with E-state index < -0.39 is 23.9 Å². The molecule has 0 radical (unpaired) electrons. The van der Waals surface area contributed by atoms with Crippen molar-refractivity contribution >= 4 is 46.7 Å². The van der Waals surface area contributed by atoms with E-state index in [0.717, 1.165) is 16.0 Å². The van der Waals surface area contributed by atoms with E-state index in [2.05, 4.69) is 0 Å². The van der Waals surface area contributed by atoms with Gasteiger partial charge >= 0.3 is 5.97 Å². The van der Waals surface area contributed by atoms with Crippen molar-refractivity contribution in [1.29, 1.82) is 0 Å². The fourth-order valence-electron chi connectivity index (χ4n) is 4.00. The lowest BCUT2D eigenvalue weighted by Crippen LogP contribution is -2.29. The molecule has 7 heteroatoms. The first-order valence-electron chi connectivity index (χ1n) is 10.7. The first kappa shape index (κ1) is 22.8. The van der Waals surface area contributed by atoms with Crippen molar-refractivity contribution in [2.45, 2.75) is 6.10 Å². The first-order valence-corrected chi connectivity index (χ1v) is 11.5. The van der Waals surface area contributed by atoms with Gasteiger partial charge in [0.15, 0.2) is 6.10 Å². The van der Waals surface area contributed by atoms with E-state index in [4.69, 9.17) is 27.9 Å². The van der Waals surface area contributed by atoms with Crippen LogP contribution in [0.25, 0.3) is 0 Å². The second-order valence-electron chi connectivity index (χ2n) is 7.91. The molecule has 35 heavy (non-hydrogen) atoms. The zero-order valence-electron chi connectivity index (χ0n) is 18.2. The largest absolute Gasteiger partial charge is 0.449 e. The zero-order chi connectivity index (χ0) is 24.5. The summed E-state index contributed by atoms with van der Waals surface area (Å²) >= 11 is 12.1. The van der Waals surface area contributed by atoms with Gasteiger partial charge in [0.05, 0.1) is 32.4 Å². The lowest BCUT2D eigenvalue weighted by Gasteiger charge is -2.20. The van der Waals surface area contributed by atoms with Crippen LogP contribution in [0.1, 0.15) is 48.3 Å². The minimum atomic E-state index is -0.628. The van der Waals surface area contributed by atoms with Gasteiger partial charge in [-0.25, -0.2) is 9.69 Å². The summed E-state index contributed by atoms with van der Waals surface area (Å²) < 4.78 is 5.91. The standard InChI is InChI=1S/C28H17Cl2NO4/c29-23-15-21-22(16-24(23)30)27(33)31(26(21)32)20-13-7-12-19(14-20)28(34)35-25(17-8-3-1-4-9-17)18-10-5-2-6-11-18/h1-16,25H. The molecule has 172 valence electrons. The molecule has 4 aromatic rings. The maximum atomic E-state index is 13.2. The molecule has 1 aliphatic heterocycles. The van der Waals surface area contributed by atoms with Gasteiger partial charge in [-0.15, -0.1) is 0 Å². The number of ether oxygens (including phenoxy) is 1. The number of amides is 2. The predicted octanol–water partition coefficient (Wildman–Crippen LogP) is 6.74. The van der Waals surface area contributed by atoms with E-state index in [-0.39, 0.29) is 32.4 Å². The van der Waals surface area contributed by atoms with Crippen LogP contribution in [-0.4, -0.2) is 17.8 Å². The number of rotatable bonds is 5. The maximum Gasteiger partial charge on any atom is 0.339 e. The molecule has 0 saturated heterocycles. The number of hydrogen-bond donors (Lipinski definition) is 0. The van der Waals surface area contributed by atoms with Gasteiger partial charge < -0.3 is 4.74 Å². The number of nitrogens with zero attached hydrogens (tertiary/aromatic N) is 1. The van der Waals surface area contributed by atoms with Crippen molar-refractivity contribution < 1.29 is 19.1 Å². The van der Waals surface area contributed by atoms with Gasteiger partial charge in [0, 0.05) is 0 Å². The number of carbonyl (C=O) groups is 3. The lowest BCUT2D eigenvalue weighted by atomic mass is 10.0. The number of esters is 1. The number of benzene rings is 4. The normalized spacial score (nSPS) is 12.7. The third-order valence-electron chi connectivity index (χ3n) is 5.70. The molecule has 0 atom stereocenters. The van der Waals surface area contributed by atoms with E-state index in [1.165, 1.54) is 18.2 Å². The van der Waals surface area contributed by atoms with Gasteiger partial charge in [-0.1, -0.05) is 89.9 Å². The Kier molecular flexibility index (Phi) is 6.12. The Labute approximate surface area is 211 Å². The molecule has 0 unspecified atom stereocenters. The summed E-state index contributed by atoms with van der Waals surface area (Å²) in [6.45, 7) is 0. The summed E-state index contributed by atoms with van der Waals surface area (Å²) in [6, 6.07) is 27.8. The van der Waals surface area contributed by atoms with Crippen LogP contribution in [0.4, 0.5) is 5.69 Å². The SMILES string of the molecule is O=C(OC(c1ccccc1)c1ccccc1)c1cccc(N2C(=O)c3cc(Cl)c(Cl)cc3C2=O)c1. The van der Waals surface area contributed by atoms with Crippen molar-refractivity contribution in [2.75, 3.05) is 4.90 Å². The molecule has 0 spiro atoms. The smallest absolute Gasteiger partial charge is 0.339 e. The Balaban J connectivity index is 1.45. The Morgan fingerprint density at radius 1 is 0.686 bits per heavy atom. The predicted molar refractivity (Wildman–Crippen MR) is 134 cm³/mol. The van der Waals surface area contributed by atoms with Crippen LogP contribution in [0.2, 0.25) is 10.0 Å². The third-order valence-corrected chi connectivity index (χ3v) is 6.42. The molecule has 0 aromatic heterocycles. The minimum Gasteiger partial charge on any atom is -0.449 e. The van der Waals surface area contributed by atoms with E-state index in [9.17, 15) is 14.4 Å². The average molecular weight is 502 g/mol. The summed E-state index contributed by atoms with van der Waals surface area (Å²) in [4.78, 5) is 40.2. The molecule has 5 rings (SSSR count). The van der Waals surface area contributed by atoms with Crippen LogP contribution in [0.5, 0.6) is 0 Å². The van der Waals surface area contributed by atoms with Crippen LogP contribution in [0.15, 0.2) is 97.1 Å². The Morgan fingerprint density at radius 2 is 1.20 bits per heavy atom. The van der Waals surface area contributed by atoms with E-state index >= 15 is 0 Å². The van der Waals surface area contributed by atoms with E-state index in [1.54, 1.807) is 18.2 Å². The summed E-state index contributed by atoms with van der Waals surface area (Å²) in [7, 11) is 0. The number of imide groups is 1. The molecular formula is C28H17Cl2NO4. The Hall–Kier alpha value is -3.93. The van der Waals surface area contributed by atoms with Gasteiger partial charge in [-0.3, -0.25) is 9.59 Å². The molecule has 0 N–H and O–H groups in total. The van der Waals surface area contributed by atoms with Crippen LogP contribution in [-0.2, 0) is 4.74 Å². The van der Waals surface area contributed by atoms with E-state index in [0.29, 0.717) is 0 Å². The molecule has 2 amide bonds. The van der Waals surface area contributed by atoms with Gasteiger partial charge in [-0.05, 0) is 41.5 Å². The van der Waals surface area contributed by atoms with Gasteiger partial charge in [0.25, 0.3) is 11.8 Å². The average Bonchev–Trinajstić information content (AvgIpc) is 3.12. The fraction of sp³-hybridized carbons (Fsp3) is 0.0357.